The summed E-state index contributed by atoms with van der Waals surface area (Å²) >= 11 is 0. The summed E-state index contributed by atoms with van der Waals surface area (Å²) in [6.07, 6.45) is 1.24. The van der Waals surface area contributed by atoms with Gasteiger partial charge in [0.25, 0.3) is 11.8 Å². The fourth-order valence-electron chi connectivity index (χ4n) is 1.47. The Morgan fingerprint density at radius 3 is 2.33 bits per heavy atom. The minimum Gasteiger partial charge on any atom is -0.376 e. The maximum Gasteiger partial charge on any atom is 0.263 e. The third-order valence-corrected chi connectivity index (χ3v) is 2.24. The molecule has 0 radical (unpaired) electrons. The number of carbonyl (C=O) groups excluding carboxylic acids is 2. The number of rotatable bonds is 2. The molecule has 0 unspecified atom stereocenters. The normalized spacial score (nSPS) is 15.8. The number of hydrogen-bond acceptors (Lipinski definition) is 3. The van der Waals surface area contributed by atoms with Gasteiger partial charge in [0, 0.05) is 6.08 Å². The number of aliphatic hydroxyl groups is 1. The van der Waals surface area contributed by atoms with E-state index >= 15 is 0 Å². The Morgan fingerprint density at radius 2 is 1.80 bits per heavy atom. The van der Waals surface area contributed by atoms with Gasteiger partial charge in [0.2, 0.25) is 0 Å². The van der Waals surface area contributed by atoms with Crippen LogP contribution in [0, 0.1) is 0 Å². The number of benzene rings is 1. The van der Waals surface area contributed by atoms with E-state index in [2.05, 4.69) is 0 Å². The molecule has 0 fully saturated rings. The van der Waals surface area contributed by atoms with Crippen molar-refractivity contribution < 1.29 is 14.7 Å². The summed E-state index contributed by atoms with van der Waals surface area (Å²) in [4.78, 5) is 23.7. The smallest absolute Gasteiger partial charge is 0.263 e. The molecule has 2 amide bonds. The van der Waals surface area contributed by atoms with Crippen LogP contribution in [-0.4, -0.2) is 28.6 Å². The van der Waals surface area contributed by atoms with Crippen LogP contribution in [0.2, 0.25) is 0 Å². The molecule has 0 aliphatic carbocycles. The monoisotopic (exact) mass is 203 g/mol. The van der Waals surface area contributed by atoms with E-state index in [0.717, 1.165) is 4.90 Å². The number of aliphatic hydroxyl groups excluding tert-OH is 1. The highest BCUT2D eigenvalue weighted by atomic mass is 16.3. The average Bonchev–Trinajstić information content (AvgIpc) is 2.55. The van der Waals surface area contributed by atoms with Gasteiger partial charge in [-0.25, -0.2) is 0 Å². The van der Waals surface area contributed by atoms with E-state index in [4.69, 9.17) is 5.11 Å². The van der Waals surface area contributed by atoms with Gasteiger partial charge in [-0.3, -0.25) is 14.5 Å². The minimum absolute atomic E-state index is 0.328. The number of nitrogens with zero attached hydrogens (tertiary/aromatic N) is 1. The molecule has 0 saturated heterocycles. The van der Waals surface area contributed by atoms with E-state index in [-0.39, 0.29) is 0 Å². The first-order chi connectivity index (χ1) is 7.24. The van der Waals surface area contributed by atoms with E-state index in [1.54, 1.807) is 24.3 Å². The van der Waals surface area contributed by atoms with E-state index in [9.17, 15) is 9.59 Å². The van der Waals surface area contributed by atoms with Crippen molar-refractivity contribution in [2.45, 2.75) is 0 Å². The predicted molar refractivity (Wildman–Crippen MR) is 53.4 cm³/mol. The topological polar surface area (TPSA) is 57.6 Å². The quantitative estimate of drug-likeness (QED) is 0.707. The molecule has 1 heterocycles. The lowest BCUT2D eigenvalue weighted by Crippen LogP contribution is -2.31. The SMILES string of the molecule is O=C1C=C(c2ccccc2)C(=O)N1CO. The summed E-state index contributed by atoms with van der Waals surface area (Å²) in [6, 6.07) is 8.90. The maximum atomic E-state index is 11.6. The van der Waals surface area contributed by atoms with Crippen molar-refractivity contribution in [3.8, 4) is 0 Å². The molecule has 4 heteroatoms. The first-order valence-corrected chi connectivity index (χ1v) is 4.48. The van der Waals surface area contributed by atoms with Crippen LogP contribution in [0.25, 0.3) is 5.57 Å². The summed E-state index contributed by atoms with van der Waals surface area (Å²) in [6.45, 7) is -0.579. The van der Waals surface area contributed by atoms with Crippen LogP contribution in [-0.2, 0) is 9.59 Å². The van der Waals surface area contributed by atoms with E-state index < -0.39 is 18.5 Å². The van der Waals surface area contributed by atoms with Crippen LogP contribution in [0.15, 0.2) is 36.4 Å². The number of carbonyl (C=O) groups is 2. The second-order valence-electron chi connectivity index (χ2n) is 3.14. The zero-order valence-corrected chi connectivity index (χ0v) is 7.88. The molecule has 0 saturated carbocycles. The van der Waals surface area contributed by atoms with Crippen molar-refractivity contribution in [3.63, 3.8) is 0 Å². The van der Waals surface area contributed by atoms with Crippen LogP contribution in [0.5, 0.6) is 0 Å². The Kier molecular flexibility index (Phi) is 2.35. The van der Waals surface area contributed by atoms with E-state index in [1.165, 1.54) is 6.08 Å². The van der Waals surface area contributed by atoms with E-state index in [0.29, 0.717) is 11.1 Å². The Balaban J connectivity index is 2.38. The van der Waals surface area contributed by atoms with Crippen LogP contribution in [0.4, 0.5) is 0 Å². The molecule has 1 aromatic carbocycles. The molecular weight excluding hydrogens is 194 g/mol. The number of imide groups is 1. The molecule has 4 nitrogen and oxygen atoms in total. The Hall–Kier alpha value is -1.94. The van der Waals surface area contributed by atoms with Gasteiger partial charge in [0.1, 0.15) is 6.73 Å². The van der Waals surface area contributed by atoms with Crippen LogP contribution < -0.4 is 0 Å². The van der Waals surface area contributed by atoms with Crippen LogP contribution >= 0.6 is 0 Å². The van der Waals surface area contributed by atoms with Gasteiger partial charge < -0.3 is 5.11 Å². The fraction of sp³-hybridized carbons (Fsp3) is 0.0909. The molecule has 0 bridgehead atoms. The van der Waals surface area contributed by atoms with Crippen molar-refractivity contribution in [3.05, 3.63) is 42.0 Å². The lowest BCUT2D eigenvalue weighted by molar-refractivity contribution is -0.140. The highest BCUT2D eigenvalue weighted by Crippen LogP contribution is 2.22. The minimum atomic E-state index is -0.579. The Labute approximate surface area is 86.4 Å². The molecule has 0 aromatic heterocycles. The predicted octanol–water partition coefficient (Wildman–Crippen LogP) is 0.389. The molecule has 0 atom stereocenters. The van der Waals surface area contributed by atoms with Gasteiger partial charge in [-0.15, -0.1) is 0 Å². The largest absolute Gasteiger partial charge is 0.376 e. The molecule has 1 aliphatic heterocycles. The van der Waals surface area contributed by atoms with Crippen molar-refractivity contribution in [1.82, 2.24) is 4.90 Å². The summed E-state index contributed by atoms with van der Waals surface area (Å²) in [5.74, 6) is -0.921. The van der Waals surface area contributed by atoms with Crippen molar-refractivity contribution in [1.29, 1.82) is 0 Å². The first kappa shape index (κ1) is 9.61. The third-order valence-electron chi connectivity index (χ3n) is 2.24. The Morgan fingerprint density at radius 1 is 1.13 bits per heavy atom. The fourth-order valence-corrected chi connectivity index (χ4v) is 1.47. The van der Waals surface area contributed by atoms with Gasteiger partial charge in [0.05, 0.1) is 5.57 Å². The van der Waals surface area contributed by atoms with Crippen molar-refractivity contribution >= 4 is 17.4 Å². The maximum absolute atomic E-state index is 11.6. The molecule has 0 spiro atoms. The van der Waals surface area contributed by atoms with Crippen LogP contribution in [0.3, 0.4) is 0 Å². The zero-order chi connectivity index (χ0) is 10.8. The van der Waals surface area contributed by atoms with Gasteiger partial charge in [-0.1, -0.05) is 30.3 Å². The lowest BCUT2D eigenvalue weighted by atomic mass is 10.1. The van der Waals surface area contributed by atoms with Crippen LogP contribution in [0.1, 0.15) is 5.56 Å². The Bertz CT molecular complexity index is 436. The van der Waals surface area contributed by atoms with Gasteiger partial charge in [0.15, 0.2) is 0 Å². The summed E-state index contributed by atoms with van der Waals surface area (Å²) < 4.78 is 0. The van der Waals surface area contributed by atoms with Gasteiger partial charge >= 0.3 is 0 Å². The lowest BCUT2D eigenvalue weighted by Gasteiger charge is -2.10. The van der Waals surface area contributed by atoms with E-state index in [1.807, 2.05) is 6.07 Å². The second kappa shape index (κ2) is 3.67. The third kappa shape index (κ3) is 1.55. The highest BCUT2D eigenvalue weighted by Gasteiger charge is 2.30. The highest BCUT2D eigenvalue weighted by molar-refractivity contribution is 6.33. The van der Waals surface area contributed by atoms with Gasteiger partial charge in [-0.05, 0) is 5.56 Å². The average molecular weight is 203 g/mol. The molecule has 1 aliphatic rings. The molecule has 2 rings (SSSR count). The van der Waals surface area contributed by atoms with Crippen molar-refractivity contribution in [2.75, 3.05) is 6.73 Å². The number of amides is 2. The van der Waals surface area contributed by atoms with Gasteiger partial charge in [-0.2, -0.15) is 0 Å². The molecule has 76 valence electrons. The molecule has 1 aromatic rings. The summed E-state index contributed by atoms with van der Waals surface area (Å²) in [7, 11) is 0. The summed E-state index contributed by atoms with van der Waals surface area (Å²) in [5.41, 5.74) is 1.02. The standard InChI is InChI=1S/C11H9NO3/c13-7-12-10(14)6-9(11(12)15)8-4-2-1-3-5-8/h1-6,13H,7H2. The molecule has 15 heavy (non-hydrogen) atoms. The molecule has 1 N–H and O–H groups in total. The zero-order valence-electron chi connectivity index (χ0n) is 7.88. The first-order valence-electron chi connectivity index (χ1n) is 4.48. The number of hydrogen-bond donors (Lipinski definition) is 1. The molecular formula is C11H9NO3. The second-order valence-corrected chi connectivity index (χ2v) is 3.14. The van der Waals surface area contributed by atoms with Crippen molar-refractivity contribution in [2.24, 2.45) is 0 Å². The summed E-state index contributed by atoms with van der Waals surface area (Å²) in [5, 5.41) is 8.82.